The maximum atomic E-state index is 6.21. The predicted octanol–water partition coefficient (Wildman–Crippen LogP) is 6.12. The third kappa shape index (κ3) is 3.05. The van der Waals surface area contributed by atoms with Gasteiger partial charge in [-0.25, -0.2) is 4.98 Å². The summed E-state index contributed by atoms with van der Waals surface area (Å²) < 4.78 is 6.06. The molecule has 130 valence electrons. The first kappa shape index (κ1) is 16.3. The first-order valence-corrected chi connectivity index (χ1v) is 9.52. The van der Waals surface area contributed by atoms with Gasteiger partial charge in [0.25, 0.3) is 0 Å². The molecule has 6 heteroatoms. The molecule has 1 aliphatic heterocycles. The molecule has 0 amide bonds. The van der Waals surface area contributed by atoms with E-state index < -0.39 is 0 Å². The lowest BCUT2D eigenvalue weighted by molar-refractivity contribution is 0.455. The molecule has 0 saturated carbocycles. The highest BCUT2D eigenvalue weighted by molar-refractivity contribution is 7.99. The third-order valence-corrected chi connectivity index (χ3v) is 5.49. The summed E-state index contributed by atoms with van der Waals surface area (Å²) in [5.41, 5.74) is 1.76. The maximum absolute atomic E-state index is 6.21. The minimum absolute atomic E-state index is 0.165. The Kier molecular flexibility index (Phi) is 4.03. The lowest BCUT2D eigenvalue weighted by atomic mass is 10.1. The number of ether oxygens (including phenoxy) is 1. The molecule has 0 bridgehead atoms. The first-order chi connectivity index (χ1) is 13.3. The number of fused-ring (bicyclic) bond motifs is 2. The van der Waals surface area contributed by atoms with Crippen LogP contribution in [0.1, 0.15) is 0 Å². The van der Waals surface area contributed by atoms with Crippen LogP contribution >= 0.6 is 23.4 Å². The fourth-order valence-electron chi connectivity index (χ4n) is 2.91. The minimum atomic E-state index is 0.165. The van der Waals surface area contributed by atoms with Gasteiger partial charge in [0.2, 0.25) is 5.28 Å². The van der Waals surface area contributed by atoms with E-state index in [2.05, 4.69) is 15.0 Å². The number of halogens is 1. The zero-order valence-corrected chi connectivity index (χ0v) is 15.5. The topological polar surface area (TPSA) is 47.9 Å². The van der Waals surface area contributed by atoms with Crippen molar-refractivity contribution in [3.63, 3.8) is 0 Å². The highest BCUT2D eigenvalue weighted by Gasteiger charge is 2.22. The lowest BCUT2D eigenvalue weighted by Crippen LogP contribution is -2.01. The Hall–Kier alpha value is -2.89. The van der Waals surface area contributed by atoms with Crippen molar-refractivity contribution in [1.82, 2.24) is 15.0 Å². The number of benzene rings is 3. The molecule has 0 radical (unpaired) electrons. The molecule has 0 fully saturated rings. The van der Waals surface area contributed by atoms with E-state index in [-0.39, 0.29) is 5.28 Å². The SMILES string of the molecule is Clc1nc(-c2ccccc2)nc(-c2cccc3c2Sc2ccccc2O3)n1. The zero-order chi connectivity index (χ0) is 18.2. The quantitative estimate of drug-likeness (QED) is 0.364. The van der Waals surface area contributed by atoms with Crippen LogP contribution in [0, 0.1) is 0 Å². The molecule has 0 spiro atoms. The van der Waals surface area contributed by atoms with Crippen LogP contribution in [0.5, 0.6) is 11.5 Å². The van der Waals surface area contributed by atoms with E-state index in [9.17, 15) is 0 Å². The van der Waals surface area contributed by atoms with Gasteiger partial charge in [-0.1, -0.05) is 60.3 Å². The molecule has 0 saturated heterocycles. The molecule has 5 rings (SSSR count). The molecule has 4 aromatic rings. The van der Waals surface area contributed by atoms with E-state index >= 15 is 0 Å². The fourth-order valence-corrected chi connectivity index (χ4v) is 4.13. The second-order valence-electron chi connectivity index (χ2n) is 5.90. The van der Waals surface area contributed by atoms with Gasteiger partial charge in [0.05, 0.1) is 9.79 Å². The van der Waals surface area contributed by atoms with E-state index in [0.717, 1.165) is 32.4 Å². The summed E-state index contributed by atoms with van der Waals surface area (Å²) in [6.45, 7) is 0. The zero-order valence-electron chi connectivity index (χ0n) is 14.0. The van der Waals surface area contributed by atoms with Crippen LogP contribution in [-0.2, 0) is 0 Å². The van der Waals surface area contributed by atoms with Crippen molar-refractivity contribution < 1.29 is 4.74 Å². The smallest absolute Gasteiger partial charge is 0.226 e. The number of rotatable bonds is 2. The fraction of sp³-hybridized carbons (Fsp3) is 0. The summed E-state index contributed by atoms with van der Waals surface area (Å²) in [6.07, 6.45) is 0. The van der Waals surface area contributed by atoms with Crippen LogP contribution in [0.2, 0.25) is 5.28 Å². The van der Waals surface area contributed by atoms with Crippen molar-refractivity contribution in [2.75, 3.05) is 0 Å². The number of para-hydroxylation sites is 1. The van der Waals surface area contributed by atoms with Gasteiger partial charge < -0.3 is 4.74 Å². The van der Waals surface area contributed by atoms with Crippen molar-refractivity contribution in [1.29, 1.82) is 0 Å². The highest BCUT2D eigenvalue weighted by Crippen LogP contribution is 2.50. The Morgan fingerprint density at radius 3 is 2.33 bits per heavy atom. The van der Waals surface area contributed by atoms with Gasteiger partial charge in [-0.15, -0.1) is 0 Å². The van der Waals surface area contributed by atoms with Crippen LogP contribution in [-0.4, -0.2) is 15.0 Å². The van der Waals surface area contributed by atoms with E-state index in [1.807, 2.05) is 72.8 Å². The number of hydrogen-bond acceptors (Lipinski definition) is 5. The molecule has 2 heterocycles. The molecule has 4 nitrogen and oxygen atoms in total. The lowest BCUT2D eigenvalue weighted by Gasteiger charge is -2.21. The van der Waals surface area contributed by atoms with Crippen LogP contribution < -0.4 is 4.74 Å². The Morgan fingerprint density at radius 2 is 1.44 bits per heavy atom. The Labute approximate surface area is 165 Å². The normalized spacial score (nSPS) is 12.0. The van der Waals surface area contributed by atoms with E-state index in [1.54, 1.807) is 11.8 Å². The number of hydrogen-bond donors (Lipinski definition) is 0. The van der Waals surface area contributed by atoms with Gasteiger partial charge in [-0.2, -0.15) is 9.97 Å². The van der Waals surface area contributed by atoms with Gasteiger partial charge in [-0.3, -0.25) is 0 Å². The van der Waals surface area contributed by atoms with Crippen LogP contribution in [0.15, 0.2) is 82.6 Å². The summed E-state index contributed by atoms with van der Waals surface area (Å²) in [7, 11) is 0. The molecule has 3 aromatic carbocycles. The molecule has 1 aliphatic rings. The largest absolute Gasteiger partial charge is 0.455 e. The minimum Gasteiger partial charge on any atom is -0.455 e. The molecule has 0 atom stereocenters. The second-order valence-corrected chi connectivity index (χ2v) is 7.29. The Morgan fingerprint density at radius 1 is 0.704 bits per heavy atom. The van der Waals surface area contributed by atoms with E-state index in [1.165, 1.54) is 0 Å². The first-order valence-electron chi connectivity index (χ1n) is 8.33. The molecule has 27 heavy (non-hydrogen) atoms. The van der Waals surface area contributed by atoms with Crippen LogP contribution in [0.25, 0.3) is 22.8 Å². The van der Waals surface area contributed by atoms with Crippen molar-refractivity contribution in [3.05, 3.63) is 78.1 Å². The second kappa shape index (κ2) is 6.68. The number of nitrogens with zero attached hydrogens (tertiary/aromatic N) is 3. The molecule has 0 N–H and O–H groups in total. The van der Waals surface area contributed by atoms with Gasteiger partial charge >= 0.3 is 0 Å². The van der Waals surface area contributed by atoms with Crippen LogP contribution in [0.4, 0.5) is 0 Å². The third-order valence-electron chi connectivity index (χ3n) is 4.14. The standard InChI is InChI=1S/C21H12ClN3OS/c22-21-24-19(13-7-2-1-3-8-13)23-20(25-21)14-9-6-11-16-18(14)27-17-12-5-4-10-15(17)26-16/h1-12H. The molecule has 0 aliphatic carbocycles. The van der Waals surface area contributed by atoms with Gasteiger partial charge in [0.1, 0.15) is 11.5 Å². The van der Waals surface area contributed by atoms with Crippen molar-refractivity contribution >= 4 is 23.4 Å². The van der Waals surface area contributed by atoms with Crippen molar-refractivity contribution in [2.45, 2.75) is 9.79 Å². The summed E-state index contributed by atoms with van der Waals surface area (Å²) >= 11 is 7.86. The Bertz CT molecular complexity index is 1150. The molecular weight excluding hydrogens is 378 g/mol. The van der Waals surface area contributed by atoms with E-state index in [0.29, 0.717) is 11.6 Å². The summed E-state index contributed by atoms with van der Waals surface area (Å²) in [5.74, 6) is 2.71. The average Bonchev–Trinajstić information content (AvgIpc) is 2.72. The average molecular weight is 390 g/mol. The van der Waals surface area contributed by atoms with Gasteiger partial charge in [-0.05, 0) is 35.9 Å². The van der Waals surface area contributed by atoms with Gasteiger partial charge in [0, 0.05) is 11.1 Å². The molecule has 0 unspecified atom stereocenters. The van der Waals surface area contributed by atoms with Crippen LogP contribution in [0.3, 0.4) is 0 Å². The highest BCUT2D eigenvalue weighted by atomic mass is 35.5. The number of aromatic nitrogens is 3. The summed E-state index contributed by atoms with van der Waals surface area (Å²) in [6, 6.07) is 23.5. The molecular formula is C21H12ClN3OS. The summed E-state index contributed by atoms with van der Waals surface area (Å²) in [4.78, 5) is 15.3. The van der Waals surface area contributed by atoms with Gasteiger partial charge in [0.15, 0.2) is 11.6 Å². The van der Waals surface area contributed by atoms with E-state index in [4.69, 9.17) is 16.3 Å². The van der Waals surface area contributed by atoms with Crippen molar-refractivity contribution in [2.24, 2.45) is 0 Å². The summed E-state index contributed by atoms with van der Waals surface area (Å²) in [5, 5.41) is 0.165. The van der Waals surface area contributed by atoms with Crippen molar-refractivity contribution in [3.8, 4) is 34.3 Å². The maximum Gasteiger partial charge on any atom is 0.226 e. The predicted molar refractivity (Wildman–Crippen MR) is 106 cm³/mol. The Balaban J connectivity index is 1.64. The molecule has 1 aromatic heterocycles. The monoisotopic (exact) mass is 389 g/mol.